The summed E-state index contributed by atoms with van der Waals surface area (Å²) >= 11 is 0. The van der Waals surface area contributed by atoms with Gasteiger partial charge >= 0.3 is 12.1 Å². The highest BCUT2D eigenvalue weighted by Gasteiger charge is 2.54. The number of rotatable bonds is 10. The van der Waals surface area contributed by atoms with Crippen molar-refractivity contribution < 1.29 is 32.2 Å². The van der Waals surface area contributed by atoms with Crippen LogP contribution in [0.15, 0.2) is 90.0 Å². The highest BCUT2D eigenvalue weighted by molar-refractivity contribution is 6.06. The Labute approximate surface area is 237 Å². The number of halogens is 3. The van der Waals surface area contributed by atoms with E-state index in [-0.39, 0.29) is 25.7 Å². The number of benzene rings is 3. The summed E-state index contributed by atoms with van der Waals surface area (Å²) in [6.45, 7) is 1.20. The Morgan fingerprint density at radius 3 is 2.39 bits per heavy atom. The van der Waals surface area contributed by atoms with Gasteiger partial charge < -0.3 is 14.2 Å². The zero-order valence-electron chi connectivity index (χ0n) is 22.7. The predicted octanol–water partition coefficient (Wildman–Crippen LogP) is 6.98. The van der Waals surface area contributed by atoms with Gasteiger partial charge in [-0.25, -0.2) is 5.01 Å². The monoisotopic (exact) mass is 566 g/mol. The maximum atomic E-state index is 14.0. The van der Waals surface area contributed by atoms with Gasteiger partial charge in [0.15, 0.2) is 6.29 Å². The van der Waals surface area contributed by atoms with Crippen molar-refractivity contribution in [2.45, 2.75) is 63.1 Å². The molecule has 0 aliphatic carbocycles. The topological polar surface area (TPSA) is 60.4 Å². The minimum Gasteiger partial charge on any atom is -0.488 e. The minimum absolute atomic E-state index is 0.0878. The van der Waals surface area contributed by atoms with Gasteiger partial charge in [0.1, 0.15) is 12.4 Å². The van der Waals surface area contributed by atoms with Crippen molar-refractivity contribution in [3.63, 3.8) is 0 Å². The number of nitrogens with zero attached hydrogens (tertiary/aromatic N) is 2. The average molecular weight is 567 g/mol. The van der Waals surface area contributed by atoms with Gasteiger partial charge in [-0.05, 0) is 55.4 Å². The summed E-state index contributed by atoms with van der Waals surface area (Å²) in [7, 11) is 0. The van der Waals surface area contributed by atoms with E-state index in [1.165, 1.54) is 0 Å². The Balaban J connectivity index is 1.45. The number of amides is 1. The van der Waals surface area contributed by atoms with Gasteiger partial charge in [-0.3, -0.25) is 4.79 Å². The Morgan fingerprint density at radius 2 is 1.68 bits per heavy atom. The van der Waals surface area contributed by atoms with E-state index in [4.69, 9.17) is 14.2 Å². The van der Waals surface area contributed by atoms with Crippen LogP contribution in [0.1, 0.15) is 55.2 Å². The fourth-order valence-corrected chi connectivity index (χ4v) is 5.41. The van der Waals surface area contributed by atoms with Crippen molar-refractivity contribution in [3.8, 4) is 5.75 Å². The van der Waals surface area contributed by atoms with Crippen LogP contribution < -0.4 is 4.74 Å². The lowest BCUT2D eigenvalue weighted by Crippen LogP contribution is -2.49. The number of para-hydroxylation sites is 1. The molecule has 0 aromatic heterocycles. The van der Waals surface area contributed by atoms with Crippen molar-refractivity contribution in [2.75, 3.05) is 13.2 Å². The first-order valence-corrected chi connectivity index (χ1v) is 13.9. The molecule has 1 saturated heterocycles. The molecule has 2 heterocycles. The first-order valence-electron chi connectivity index (χ1n) is 13.9. The van der Waals surface area contributed by atoms with Gasteiger partial charge in [0.05, 0.1) is 11.3 Å². The van der Waals surface area contributed by atoms with Gasteiger partial charge in [0.2, 0.25) is 0 Å². The van der Waals surface area contributed by atoms with E-state index >= 15 is 0 Å². The Bertz CT molecular complexity index is 1330. The molecule has 2 unspecified atom stereocenters. The second-order valence-electron chi connectivity index (χ2n) is 10.3. The van der Waals surface area contributed by atoms with Crippen LogP contribution in [0.5, 0.6) is 5.75 Å². The van der Waals surface area contributed by atoms with Crippen LogP contribution in [0, 0.1) is 0 Å². The molecule has 5 rings (SSSR count). The molecule has 2 aliphatic rings. The third-order valence-corrected chi connectivity index (χ3v) is 7.44. The molecule has 1 fully saturated rings. The molecule has 0 radical (unpaired) electrons. The summed E-state index contributed by atoms with van der Waals surface area (Å²) in [6.07, 6.45) is -1.92. The van der Waals surface area contributed by atoms with Crippen LogP contribution in [0.2, 0.25) is 0 Å². The molecule has 9 heteroatoms. The van der Waals surface area contributed by atoms with E-state index in [2.05, 4.69) is 5.10 Å². The lowest BCUT2D eigenvalue weighted by atomic mass is 9.80. The third kappa shape index (κ3) is 6.80. The smallest absolute Gasteiger partial charge is 0.473 e. The second kappa shape index (κ2) is 12.9. The zero-order valence-corrected chi connectivity index (χ0v) is 22.7. The van der Waals surface area contributed by atoms with E-state index in [0.29, 0.717) is 47.2 Å². The molecule has 0 spiro atoms. The summed E-state index contributed by atoms with van der Waals surface area (Å²) < 4.78 is 59.6. The molecule has 41 heavy (non-hydrogen) atoms. The third-order valence-electron chi connectivity index (χ3n) is 7.44. The number of carbonyl (C=O) groups excluding carboxylic acids is 1. The maximum Gasteiger partial charge on any atom is 0.473 e. The fraction of sp³-hybridized carbons (Fsp3) is 0.375. The summed E-state index contributed by atoms with van der Waals surface area (Å²) in [4.78, 5) is 12.9. The number of alkyl halides is 3. The normalized spacial score (nSPS) is 21.0. The number of ether oxygens (including phenoxy) is 3. The van der Waals surface area contributed by atoms with Crippen molar-refractivity contribution in [1.29, 1.82) is 0 Å². The molecule has 2 atom stereocenters. The quantitative estimate of drug-likeness (QED) is 0.249. The van der Waals surface area contributed by atoms with Gasteiger partial charge in [-0.2, -0.15) is 18.3 Å². The molecule has 6 nitrogen and oxygen atoms in total. The summed E-state index contributed by atoms with van der Waals surface area (Å²) in [5.41, 5.74) is 1.07. The summed E-state index contributed by atoms with van der Waals surface area (Å²) in [5, 5.41) is 5.02. The summed E-state index contributed by atoms with van der Waals surface area (Å²) in [6, 6.07) is 25.5. The molecule has 3 aromatic rings. The van der Waals surface area contributed by atoms with Crippen molar-refractivity contribution in [1.82, 2.24) is 5.01 Å². The fourth-order valence-electron chi connectivity index (χ4n) is 5.41. The highest BCUT2D eigenvalue weighted by Crippen LogP contribution is 2.45. The SMILES string of the molecule is O=C(N1N=C(c2ccccc2OCc2ccccc2)CC1(CCCOC1CCCCO1)c1ccccc1)C(F)(F)F. The lowest BCUT2D eigenvalue weighted by Gasteiger charge is -2.37. The van der Waals surface area contributed by atoms with Crippen LogP contribution in [-0.4, -0.2) is 42.3 Å². The van der Waals surface area contributed by atoms with E-state index in [1.54, 1.807) is 54.6 Å². The summed E-state index contributed by atoms with van der Waals surface area (Å²) in [5.74, 6) is -1.52. The first kappa shape index (κ1) is 28.8. The molecular weight excluding hydrogens is 533 g/mol. The number of hydrogen-bond donors (Lipinski definition) is 0. The molecular formula is C32H33F3N2O4. The zero-order chi connectivity index (χ0) is 28.7. The molecule has 0 bridgehead atoms. The van der Waals surface area contributed by atoms with E-state index in [0.717, 1.165) is 24.8 Å². The average Bonchev–Trinajstić information content (AvgIpc) is 3.39. The van der Waals surface area contributed by atoms with Crippen LogP contribution >= 0.6 is 0 Å². The lowest BCUT2D eigenvalue weighted by molar-refractivity contribution is -0.192. The van der Waals surface area contributed by atoms with Gasteiger partial charge in [-0.1, -0.05) is 72.8 Å². The van der Waals surface area contributed by atoms with Gasteiger partial charge in [0.25, 0.3) is 0 Å². The first-order chi connectivity index (χ1) is 19.9. The molecule has 3 aromatic carbocycles. The van der Waals surface area contributed by atoms with E-state index in [9.17, 15) is 18.0 Å². The van der Waals surface area contributed by atoms with Gasteiger partial charge in [-0.15, -0.1) is 0 Å². The Morgan fingerprint density at radius 1 is 0.976 bits per heavy atom. The largest absolute Gasteiger partial charge is 0.488 e. The number of hydrogen-bond acceptors (Lipinski definition) is 5. The molecule has 0 N–H and O–H groups in total. The second-order valence-corrected chi connectivity index (χ2v) is 10.3. The van der Waals surface area contributed by atoms with E-state index in [1.807, 2.05) is 30.3 Å². The van der Waals surface area contributed by atoms with Crippen molar-refractivity contribution in [2.24, 2.45) is 5.10 Å². The molecule has 216 valence electrons. The molecule has 0 saturated carbocycles. The minimum atomic E-state index is -5.10. The van der Waals surface area contributed by atoms with Crippen LogP contribution in [-0.2, 0) is 26.4 Å². The number of carbonyl (C=O) groups is 1. The highest BCUT2D eigenvalue weighted by atomic mass is 19.4. The number of hydrazone groups is 1. The Hall–Kier alpha value is -3.69. The Kier molecular flexibility index (Phi) is 9.05. The van der Waals surface area contributed by atoms with Gasteiger partial charge in [0, 0.05) is 25.2 Å². The maximum absolute atomic E-state index is 14.0. The van der Waals surface area contributed by atoms with E-state index < -0.39 is 17.6 Å². The van der Waals surface area contributed by atoms with Crippen molar-refractivity contribution >= 4 is 11.6 Å². The van der Waals surface area contributed by atoms with Crippen LogP contribution in [0.3, 0.4) is 0 Å². The molecule has 1 amide bonds. The molecule has 2 aliphatic heterocycles. The van der Waals surface area contributed by atoms with Crippen LogP contribution in [0.4, 0.5) is 13.2 Å². The van der Waals surface area contributed by atoms with Crippen molar-refractivity contribution in [3.05, 3.63) is 102 Å². The predicted molar refractivity (Wildman–Crippen MR) is 148 cm³/mol. The van der Waals surface area contributed by atoms with Crippen LogP contribution in [0.25, 0.3) is 0 Å². The standard InChI is InChI=1S/C32H33F3N2O4/c33-32(34,35)30(38)37-31(25-14-5-2-6-15-25,19-11-21-40-29-18-9-10-20-39-29)22-27(36-37)26-16-7-8-17-28(26)41-23-24-12-3-1-4-13-24/h1-8,12-17,29H,9-11,18-23H2.